The summed E-state index contributed by atoms with van der Waals surface area (Å²) in [5, 5.41) is 18.5. The quantitative estimate of drug-likeness (QED) is 0.216. The maximum atomic E-state index is 12.4. The summed E-state index contributed by atoms with van der Waals surface area (Å²) in [5.74, 6) is -2.06. The van der Waals surface area contributed by atoms with Crippen LogP contribution < -0.4 is 5.48 Å². The fourth-order valence-electron chi connectivity index (χ4n) is 3.75. The third-order valence-electron chi connectivity index (χ3n) is 5.85. The number of ether oxygens (including phenoxy) is 1. The molecule has 3 rings (SSSR count). The Balaban J connectivity index is 1.50. The Morgan fingerprint density at radius 2 is 1.56 bits per heavy atom. The molecule has 1 fully saturated rings. The van der Waals surface area contributed by atoms with Crippen LogP contribution in [0.4, 0.5) is 0 Å². The number of carbonyl (C=O) groups is 2. The van der Waals surface area contributed by atoms with Gasteiger partial charge in [0.25, 0.3) is 0 Å². The third-order valence-corrected chi connectivity index (χ3v) is 5.85. The van der Waals surface area contributed by atoms with Crippen molar-refractivity contribution in [1.82, 2.24) is 10.4 Å². The summed E-state index contributed by atoms with van der Waals surface area (Å²) in [4.78, 5) is 26.5. The Morgan fingerprint density at radius 3 is 2.09 bits per heavy atom. The van der Waals surface area contributed by atoms with Crippen molar-refractivity contribution in [2.75, 3.05) is 26.3 Å². The van der Waals surface area contributed by atoms with Crippen LogP contribution in [0.3, 0.4) is 0 Å². The second-order valence-corrected chi connectivity index (χ2v) is 8.42. The molecule has 1 heterocycles. The molecule has 2 aromatic carbocycles. The van der Waals surface area contributed by atoms with Gasteiger partial charge in [-0.3, -0.25) is 19.7 Å². The van der Waals surface area contributed by atoms with Crippen LogP contribution in [0.15, 0.2) is 60.7 Å². The first-order valence-electron chi connectivity index (χ1n) is 11.5. The highest BCUT2D eigenvalue weighted by atomic mass is 16.5. The van der Waals surface area contributed by atoms with Crippen molar-refractivity contribution in [3.63, 3.8) is 0 Å². The molecule has 0 bridgehead atoms. The standard InChI is InChI=1S/C27H32N2O5/c1-20(30)25(27(32)28-33)18-26(31)24-12-10-22(11-13-24)5-3-2-4-21-6-8-23(9-7-21)19-29-14-16-34-17-15-29/h2-13,20,25,30,33H,14-19H2,1H3,(H,28,32). The van der Waals surface area contributed by atoms with Crippen LogP contribution in [0.25, 0.3) is 12.2 Å². The number of hydroxylamine groups is 1. The van der Waals surface area contributed by atoms with Gasteiger partial charge in [0.2, 0.25) is 5.91 Å². The average Bonchev–Trinajstić information content (AvgIpc) is 2.86. The molecule has 1 amide bonds. The molecular weight excluding hydrogens is 432 g/mol. The zero-order chi connectivity index (χ0) is 24.3. The van der Waals surface area contributed by atoms with Gasteiger partial charge in [-0.25, -0.2) is 5.48 Å². The van der Waals surface area contributed by atoms with Gasteiger partial charge in [-0.2, -0.15) is 0 Å². The molecular formula is C27H32N2O5. The maximum absolute atomic E-state index is 12.4. The molecule has 0 aliphatic carbocycles. The summed E-state index contributed by atoms with van der Waals surface area (Å²) in [6, 6.07) is 15.5. The summed E-state index contributed by atoms with van der Waals surface area (Å²) in [6.07, 6.45) is 6.65. The normalized spacial score (nSPS) is 16.6. The first-order valence-corrected chi connectivity index (χ1v) is 11.5. The van der Waals surface area contributed by atoms with E-state index in [4.69, 9.17) is 9.94 Å². The summed E-state index contributed by atoms with van der Waals surface area (Å²) in [7, 11) is 0. The van der Waals surface area contributed by atoms with Gasteiger partial charge >= 0.3 is 0 Å². The molecule has 2 aromatic rings. The van der Waals surface area contributed by atoms with Crippen LogP contribution in [0.2, 0.25) is 0 Å². The molecule has 1 aliphatic heterocycles. The summed E-state index contributed by atoms with van der Waals surface area (Å²) < 4.78 is 5.39. The molecule has 2 unspecified atom stereocenters. The number of nitrogens with one attached hydrogen (secondary N) is 1. The first kappa shape index (κ1) is 25.5. The van der Waals surface area contributed by atoms with Crippen molar-refractivity contribution in [2.45, 2.75) is 26.0 Å². The lowest BCUT2D eigenvalue weighted by atomic mass is 9.93. The van der Waals surface area contributed by atoms with E-state index in [1.165, 1.54) is 18.0 Å². The van der Waals surface area contributed by atoms with Gasteiger partial charge in [0.05, 0.1) is 25.2 Å². The molecule has 0 spiro atoms. The number of amides is 1. The molecule has 7 nitrogen and oxygen atoms in total. The fourth-order valence-corrected chi connectivity index (χ4v) is 3.75. The Bertz CT molecular complexity index is 991. The van der Waals surface area contributed by atoms with Crippen molar-refractivity contribution in [2.24, 2.45) is 5.92 Å². The van der Waals surface area contributed by atoms with E-state index < -0.39 is 17.9 Å². The van der Waals surface area contributed by atoms with Crippen LogP contribution in [0.1, 0.15) is 40.4 Å². The molecule has 0 aromatic heterocycles. The number of Topliss-reactive ketones (excluding diaryl/α,β-unsaturated/α-hetero) is 1. The van der Waals surface area contributed by atoms with Crippen molar-refractivity contribution < 1.29 is 24.6 Å². The number of hydrogen-bond acceptors (Lipinski definition) is 6. The zero-order valence-electron chi connectivity index (χ0n) is 19.4. The van der Waals surface area contributed by atoms with E-state index in [1.54, 1.807) is 12.1 Å². The number of allylic oxidation sites excluding steroid dienone is 2. The van der Waals surface area contributed by atoms with Crippen molar-refractivity contribution >= 4 is 23.8 Å². The van der Waals surface area contributed by atoms with Crippen molar-refractivity contribution in [3.8, 4) is 0 Å². The lowest BCUT2D eigenvalue weighted by Gasteiger charge is -2.26. The van der Waals surface area contributed by atoms with Gasteiger partial charge in [0.1, 0.15) is 0 Å². The Kier molecular flexibility index (Phi) is 9.73. The van der Waals surface area contributed by atoms with E-state index >= 15 is 0 Å². The number of aliphatic hydroxyl groups is 1. The number of nitrogens with zero attached hydrogens (tertiary/aromatic N) is 1. The lowest BCUT2D eigenvalue weighted by Crippen LogP contribution is -2.36. The first-order chi connectivity index (χ1) is 16.5. The van der Waals surface area contributed by atoms with E-state index in [1.807, 2.05) is 36.4 Å². The highest BCUT2D eigenvalue weighted by molar-refractivity contribution is 5.98. The van der Waals surface area contributed by atoms with Crippen molar-refractivity contribution in [1.29, 1.82) is 0 Å². The molecule has 7 heteroatoms. The fraction of sp³-hybridized carbons (Fsp3) is 0.333. The SMILES string of the molecule is CC(O)C(CC(=O)c1ccc(C=CC=Cc2ccc(CN3CCOCC3)cc2)cc1)C(=O)NO. The predicted molar refractivity (Wildman–Crippen MR) is 131 cm³/mol. The largest absolute Gasteiger partial charge is 0.393 e. The number of rotatable bonds is 10. The second kappa shape index (κ2) is 13.0. The molecule has 2 atom stereocenters. The van der Waals surface area contributed by atoms with Crippen LogP contribution in [-0.4, -0.2) is 59.3 Å². The second-order valence-electron chi connectivity index (χ2n) is 8.42. The lowest BCUT2D eigenvalue weighted by molar-refractivity contribution is -0.136. The summed E-state index contributed by atoms with van der Waals surface area (Å²) >= 11 is 0. The third kappa shape index (κ3) is 7.74. The van der Waals surface area contributed by atoms with Crippen LogP contribution >= 0.6 is 0 Å². The number of hydrogen-bond donors (Lipinski definition) is 3. The predicted octanol–water partition coefficient (Wildman–Crippen LogP) is 3.32. The maximum Gasteiger partial charge on any atom is 0.249 e. The van der Waals surface area contributed by atoms with E-state index in [0.717, 1.165) is 44.0 Å². The van der Waals surface area contributed by atoms with E-state index in [9.17, 15) is 14.7 Å². The number of benzene rings is 2. The van der Waals surface area contributed by atoms with Crippen LogP contribution in [-0.2, 0) is 16.1 Å². The molecule has 34 heavy (non-hydrogen) atoms. The smallest absolute Gasteiger partial charge is 0.249 e. The van der Waals surface area contributed by atoms with E-state index in [2.05, 4.69) is 29.2 Å². The number of ketones is 1. The molecule has 180 valence electrons. The van der Waals surface area contributed by atoms with Crippen molar-refractivity contribution in [3.05, 3.63) is 82.9 Å². The summed E-state index contributed by atoms with van der Waals surface area (Å²) in [6.45, 7) is 5.92. The van der Waals surface area contributed by atoms with Gasteiger partial charge in [-0.1, -0.05) is 72.8 Å². The van der Waals surface area contributed by atoms with Gasteiger partial charge in [0.15, 0.2) is 5.78 Å². The average molecular weight is 465 g/mol. The molecule has 1 aliphatic rings. The number of carbonyl (C=O) groups excluding carboxylic acids is 2. The Labute approximate surface area is 200 Å². The molecule has 0 saturated carbocycles. The molecule has 3 N–H and O–H groups in total. The molecule has 1 saturated heterocycles. The Morgan fingerprint density at radius 1 is 1.00 bits per heavy atom. The topological polar surface area (TPSA) is 99.1 Å². The highest BCUT2D eigenvalue weighted by Crippen LogP contribution is 2.16. The van der Waals surface area contributed by atoms with Crippen LogP contribution in [0.5, 0.6) is 0 Å². The van der Waals surface area contributed by atoms with Gasteiger partial charge in [0, 0.05) is 31.6 Å². The van der Waals surface area contributed by atoms with Gasteiger partial charge < -0.3 is 9.84 Å². The highest BCUT2D eigenvalue weighted by Gasteiger charge is 2.26. The zero-order valence-corrected chi connectivity index (χ0v) is 19.4. The molecule has 0 radical (unpaired) electrons. The minimum absolute atomic E-state index is 0.187. The minimum Gasteiger partial charge on any atom is -0.393 e. The Hall–Kier alpha value is -3.10. The van der Waals surface area contributed by atoms with Gasteiger partial charge in [-0.15, -0.1) is 0 Å². The van der Waals surface area contributed by atoms with Crippen LogP contribution in [0, 0.1) is 5.92 Å². The number of aliphatic hydroxyl groups excluding tert-OH is 1. The summed E-state index contributed by atoms with van der Waals surface area (Å²) in [5.41, 5.74) is 5.29. The minimum atomic E-state index is -1.05. The number of morpholine rings is 1. The van der Waals surface area contributed by atoms with E-state index in [0.29, 0.717) is 5.56 Å². The van der Waals surface area contributed by atoms with E-state index in [-0.39, 0.29) is 12.2 Å². The van der Waals surface area contributed by atoms with Gasteiger partial charge in [-0.05, 0) is 23.6 Å². The monoisotopic (exact) mass is 464 g/mol.